The molecule has 0 atom stereocenters. The number of rotatable bonds is 4. The van der Waals surface area contributed by atoms with Crippen LogP contribution in [0.25, 0.3) is 0 Å². The van der Waals surface area contributed by atoms with Crippen LogP contribution in [0.1, 0.15) is 32.6 Å². The quantitative estimate of drug-likeness (QED) is 0.728. The normalized spacial score (nSPS) is 10.1. The molecule has 134 valence electrons. The molecule has 0 aliphatic rings. The van der Waals surface area contributed by atoms with Crippen LogP contribution in [0.5, 0.6) is 0 Å². The molecule has 1 heterocycles. The van der Waals surface area contributed by atoms with Crippen LogP contribution in [0.4, 0.5) is 17.3 Å². The van der Waals surface area contributed by atoms with Crippen LogP contribution in [0.3, 0.4) is 0 Å². The van der Waals surface area contributed by atoms with E-state index in [1.807, 2.05) is 19.9 Å². The maximum atomic E-state index is 12.4. The Morgan fingerprint density at radius 3 is 2.30 bits per heavy atom. The van der Waals surface area contributed by atoms with Crippen molar-refractivity contribution in [3.63, 3.8) is 0 Å². The first kappa shape index (κ1) is 18.1. The highest BCUT2D eigenvalue weighted by atomic mass is 16.1. The molecule has 27 heavy (non-hydrogen) atoms. The first-order valence-electron chi connectivity index (χ1n) is 8.45. The molecule has 0 saturated heterocycles. The predicted molar refractivity (Wildman–Crippen MR) is 105 cm³/mol. The van der Waals surface area contributed by atoms with Crippen LogP contribution >= 0.6 is 0 Å². The summed E-state index contributed by atoms with van der Waals surface area (Å²) in [5.41, 5.74) is 5.53. The van der Waals surface area contributed by atoms with E-state index >= 15 is 0 Å². The van der Waals surface area contributed by atoms with Crippen molar-refractivity contribution in [1.82, 2.24) is 9.97 Å². The highest BCUT2D eigenvalue weighted by Gasteiger charge is 2.11. The van der Waals surface area contributed by atoms with E-state index in [1.165, 1.54) is 18.0 Å². The molecule has 2 N–H and O–H groups in total. The van der Waals surface area contributed by atoms with Gasteiger partial charge in [-0.05, 0) is 44.0 Å². The number of para-hydroxylation sites is 1. The van der Waals surface area contributed by atoms with Gasteiger partial charge in [-0.25, -0.2) is 9.97 Å². The minimum atomic E-state index is -0.369. The molecule has 6 heteroatoms. The molecular formula is C21H19N5O. The summed E-state index contributed by atoms with van der Waals surface area (Å²) in [6.07, 6.45) is 2.91. The zero-order valence-electron chi connectivity index (χ0n) is 15.4. The van der Waals surface area contributed by atoms with Crippen molar-refractivity contribution in [3.05, 3.63) is 76.6 Å². The van der Waals surface area contributed by atoms with E-state index in [2.05, 4.69) is 39.7 Å². The number of nitrogens with zero attached hydrogens (tertiary/aromatic N) is 3. The van der Waals surface area contributed by atoms with Crippen LogP contribution in [0.2, 0.25) is 0 Å². The topological polar surface area (TPSA) is 90.7 Å². The SMILES string of the molecule is Cc1cc(C)c(Nc2ncc(C(=O)Nc3ccccc3C#N)cn2)c(C)c1. The average molecular weight is 357 g/mol. The van der Waals surface area contributed by atoms with Crippen LogP contribution in [-0.4, -0.2) is 15.9 Å². The largest absolute Gasteiger partial charge is 0.324 e. The molecule has 3 rings (SSSR count). The van der Waals surface area contributed by atoms with E-state index < -0.39 is 0 Å². The number of hydrogen-bond donors (Lipinski definition) is 2. The van der Waals surface area contributed by atoms with E-state index in [9.17, 15) is 4.79 Å². The van der Waals surface area contributed by atoms with Crippen molar-refractivity contribution >= 4 is 23.2 Å². The van der Waals surface area contributed by atoms with Gasteiger partial charge in [0.25, 0.3) is 5.91 Å². The Labute approximate surface area is 157 Å². The molecule has 0 radical (unpaired) electrons. The van der Waals surface area contributed by atoms with Gasteiger partial charge in [0.2, 0.25) is 5.95 Å². The summed E-state index contributed by atoms with van der Waals surface area (Å²) >= 11 is 0. The molecular weight excluding hydrogens is 338 g/mol. The molecule has 0 aliphatic heterocycles. The molecule has 0 saturated carbocycles. The molecule has 0 fully saturated rings. The molecule has 2 aromatic carbocycles. The van der Waals surface area contributed by atoms with Crippen molar-refractivity contribution in [2.75, 3.05) is 10.6 Å². The first-order chi connectivity index (χ1) is 13.0. The molecule has 3 aromatic rings. The molecule has 0 bridgehead atoms. The van der Waals surface area contributed by atoms with E-state index in [-0.39, 0.29) is 5.91 Å². The number of nitrogens with one attached hydrogen (secondary N) is 2. The monoisotopic (exact) mass is 357 g/mol. The number of carbonyl (C=O) groups is 1. The van der Waals surface area contributed by atoms with Crippen LogP contribution in [0.15, 0.2) is 48.8 Å². The summed E-state index contributed by atoms with van der Waals surface area (Å²) in [5, 5.41) is 15.0. The van der Waals surface area contributed by atoms with Crippen LogP contribution < -0.4 is 10.6 Å². The Kier molecular flexibility index (Phi) is 5.13. The second kappa shape index (κ2) is 7.67. The third-order valence-electron chi connectivity index (χ3n) is 4.12. The van der Waals surface area contributed by atoms with Crippen molar-refractivity contribution in [1.29, 1.82) is 5.26 Å². The van der Waals surface area contributed by atoms with E-state index in [0.29, 0.717) is 22.8 Å². The molecule has 1 amide bonds. The summed E-state index contributed by atoms with van der Waals surface area (Å²) in [7, 11) is 0. The maximum absolute atomic E-state index is 12.4. The van der Waals surface area contributed by atoms with Gasteiger partial charge in [0.1, 0.15) is 6.07 Å². The Morgan fingerprint density at radius 2 is 1.67 bits per heavy atom. The Balaban J connectivity index is 1.76. The molecule has 0 unspecified atom stereocenters. The fraction of sp³-hybridized carbons (Fsp3) is 0.143. The summed E-state index contributed by atoms with van der Waals surface area (Å²) in [4.78, 5) is 20.8. The van der Waals surface area contributed by atoms with Gasteiger partial charge < -0.3 is 10.6 Å². The number of nitriles is 1. The minimum Gasteiger partial charge on any atom is -0.324 e. The van der Waals surface area contributed by atoms with E-state index in [1.54, 1.807) is 24.3 Å². The third-order valence-corrected chi connectivity index (χ3v) is 4.12. The molecule has 6 nitrogen and oxygen atoms in total. The van der Waals surface area contributed by atoms with E-state index in [0.717, 1.165) is 16.8 Å². The van der Waals surface area contributed by atoms with Crippen molar-refractivity contribution in [2.24, 2.45) is 0 Å². The first-order valence-corrected chi connectivity index (χ1v) is 8.45. The van der Waals surface area contributed by atoms with Gasteiger partial charge in [-0.3, -0.25) is 4.79 Å². The van der Waals surface area contributed by atoms with Gasteiger partial charge >= 0.3 is 0 Å². The number of benzene rings is 2. The van der Waals surface area contributed by atoms with Gasteiger partial charge in [-0.2, -0.15) is 5.26 Å². The standard InChI is InChI=1S/C21H19N5O/c1-13-8-14(2)19(15(3)9-13)26-21-23-11-17(12-24-21)20(27)25-18-7-5-4-6-16(18)10-22/h4-9,11-12H,1-3H3,(H,25,27)(H,23,24,26). The van der Waals surface area contributed by atoms with Crippen molar-refractivity contribution in [3.8, 4) is 6.07 Å². The number of aryl methyl sites for hydroxylation is 3. The summed E-state index contributed by atoms with van der Waals surface area (Å²) in [6.45, 7) is 6.10. The molecule has 0 spiro atoms. The lowest BCUT2D eigenvalue weighted by atomic mass is 10.1. The Bertz CT molecular complexity index is 1010. The maximum Gasteiger partial charge on any atom is 0.258 e. The fourth-order valence-corrected chi connectivity index (χ4v) is 2.88. The van der Waals surface area contributed by atoms with Gasteiger partial charge in [0.15, 0.2) is 0 Å². The van der Waals surface area contributed by atoms with Crippen LogP contribution in [-0.2, 0) is 0 Å². The van der Waals surface area contributed by atoms with Crippen molar-refractivity contribution < 1.29 is 4.79 Å². The molecule has 1 aromatic heterocycles. The summed E-state index contributed by atoms with van der Waals surface area (Å²) < 4.78 is 0. The third kappa shape index (κ3) is 4.10. The fourth-order valence-electron chi connectivity index (χ4n) is 2.88. The highest BCUT2D eigenvalue weighted by Crippen LogP contribution is 2.24. The number of hydrogen-bond acceptors (Lipinski definition) is 5. The average Bonchev–Trinajstić information content (AvgIpc) is 2.65. The zero-order valence-corrected chi connectivity index (χ0v) is 15.4. The van der Waals surface area contributed by atoms with E-state index in [4.69, 9.17) is 5.26 Å². The van der Waals surface area contributed by atoms with Gasteiger partial charge in [0.05, 0.1) is 16.8 Å². The van der Waals surface area contributed by atoms with Gasteiger partial charge in [0, 0.05) is 18.1 Å². The number of amides is 1. The Hall–Kier alpha value is -3.72. The zero-order chi connectivity index (χ0) is 19.4. The highest BCUT2D eigenvalue weighted by molar-refractivity contribution is 6.04. The predicted octanol–water partition coefficient (Wildman–Crippen LogP) is 4.27. The lowest BCUT2D eigenvalue weighted by Gasteiger charge is -2.13. The van der Waals surface area contributed by atoms with Gasteiger partial charge in [-0.1, -0.05) is 29.8 Å². The summed E-state index contributed by atoms with van der Waals surface area (Å²) in [6, 6.07) is 13.0. The smallest absolute Gasteiger partial charge is 0.258 e. The van der Waals surface area contributed by atoms with Crippen LogP contribution in [0, 0.1) is 32.1 Å². The Morgan fingerprint density at radius 1 is 1.04 bits per heavy atom. The summed E-state index contributed by atoms with van der Waals surface area (Å²) in [5.74, 6) is 0.0472. The number of carbonyl (C=O) groups excluding carboxylic acids is 1. The van der Waals surface area contributed by atoms with Crippen molar-refractivity contribution in [2.45, 2.75) is 20.8 Å². The number of anilines is 3. The second-order valence-corrected chi connectivity index (χ2v) is 6.31. The molecule has 0 aliphatic carbocycles. The second-order valence-electron chi connectivity index (χ2n) is 6.31. The number of aromatic nitrogens is 2. The minimum absolute atomic E-state index is 0.311. The lowest BCUT2D eigenvalue weighted by Crippen LogP contribution is -2.14. The van der Waals surface area contributed by atoms with Gasteiger partial charge in [-0.15, -0.1) is 0 Å². The lowest BCUT2D eigenvalue weighted by molar-refractivity contribution is 0.102.